The van der Waals surface area contributed by atoms with Crippen molar-refractivity contribution in [3.8, 4) is 11.1 Å². The molecule has 152 valence electrons. The lowest BCUT2D eigenvalue weighted by atomic mass is 9.75. The van der Waals surface area contributed by atoms with E-state index in [0.717, 1.165) is 29.5 Å². The molecule has 2 aliphatic heterocycles. The molecule has 2 aliphatic rings. The van der Waals surface area contributed by atoms with Gasteiger partial charge in [0.15, 0.2) is 0 Å². The third-order valence-corrected chi connectivity index (χ3v) is 6.04. The SMILES string of the molecule is COC(=O)N1CCC[C@@]2(CCOC(=O)N2)[C@H]1Cc1cccc(-c2ccccc2)c1. The fourth-order valence-electron chi connectivity index (χ4n) is 4.62. The number of nitrogens with one attached hydrogen (secondary N) is 1. The normalized spacial score (nSPS) is 24.0. The predicted molar refractivity (Wildman–Crippen MR) is 110 cm³/mol. The van der Waals surface area contributed by atoms with Gasteiger partial charge in [-0.25, -0.2) is 9.59 Å². The number of piperidine rings is 1. The van der Waals surface area contributed by atoms with Crippen LogP contribution in [0.15, 0.2) is 54.6 Å². The highest BCUT2D eigenvalue weighted by Gasteiger charge is 2.49. The lowest BCUT2D eigenvalue weighted by Gasteiger charge is -2.51. The van der Waals surface area contributed by atoms with Crippen LogP contribution in [0.5, 0.6) is 0 Å². The van der Waals surface area contributed by atoms with Gasteiger partial charge in [-0.05, 0) is 36.0 Å². The second-order valence-electron chi connectivity index (χ2n) is 7.72. The van der Waals surface area contributed by atoms with E-state index in [1.165, 1.54) is 7.11 Å². The Hall–Kier alpha value is -3.02. The molecule has 2 fully saturated rings. The molecule has 0 radical (unpaired) electrons. The van der Waals surface area contributed by atoms with Crippen LogP contribution in [0.2, 0.25) is 0 Å². The van der Waals surface area contributed by atoms with E-state index in [9.17, 15) is 9.59 Å². The molecule has 4 rings (SSSR count). The van der Waals surface area contributed by atoms with Crippen LogP contribution in [-0.4, -0.2) is 48.9 Å². The Kier molecular flexibility index (Phi) is 5.43. The van der Waals surface area contributed by atoms with Crippen LogP contribution in [0.3, 0.4) is 0 Å². The number of carbonyl (C=O) groups excluding carboxylic acids is 2. The Morgan fingerprint density at radius 2 is 1.97 bits per heavy atom. The van der Waals surface area contributed by atoms with Crippen molar-refractivity contribution in [2.45, 2.75) is 37.3 Å². The first-order chi connectivity index (χ1) is 14.1. The maximum atomic E-state index is 12.5. The number of hydrogen-bond acceptors (Lipinski definition) is 4. The van der Waals surface area contributed by atoms with Gasteiger partial charge in [0, 0.05) is 13.0 Å². The predicted octanol–water partition coefficient (Wildman–Crippen LogP) is 4.00. The molecular weight excluding hydrogens is 368 g/mol. The monoisotopic (exact) mass is 394 g/mol. The van der Waals surface area contributed by atoms with E-state index < -0.39 is 11.6 Å². The molecule has 2 amide bonds. The zero-order valence-corrected chi connectivity index (χ0v) is 16.6. The van der Waals surface area contributed by atoms with Crippen molar-refractivity contribution in [3.63, 3.8) is 0 Å². The lowest BCUT2D eigenvalue weighted by molar-refractivity contribution is 0.00323. The minimum atomic E-state index is -0.496. The van der Waals surface area contributed by atoms with Crippen LogP contribution in [0.4, 0.5) is 9.59 Å². The molecule has 2 aromatic carbocycles. The number of rotatable bonds is 3. The average Bonchev–Trinajstić information content (AvgIpc) is 2.75. The molecule has 0 aromatic heterocycles. The van der Waals surface area contributed by atoms with Gasteiger partial charge in [0.1, 0.15) is 0 Å². The highest BCUT2D eigenvalue weighted by Crippen LogP contribution is 2.36. The number of alkyl carbamates (subject to hydrolysis) is 1. The Balaban J connectivity index is 1.67. The summed E-state index contributed by atoms with van der Waals surface area (Å²) >= 11 is 0. The van der Waals surface area contributed by atoms with Crippen LogP contribution >= 0.6 is 0 Å². The number of likely N-dealkylation sites (tertiary alicyclic amines) is 1. The summed E-state index contributed by atoms with van der Waals surface area (Å²) in [5.41, 5.74) is 2.91. The number of ether oxygens (including phenoxy) is 2. The first kappa shape index (κ1) is 19.3. The van der Waals surface area contributed by atoms with Crippen molar-refractivity contribution in [2.24, 2.45) is 0 Å². The molecule has 2 atom stereocenters. The second kappa shape index (κ2) is 8.15. The minimum absolute atomic E-state index is 0.192. The van der Waals surface area contributed by atoms with Gasteiger partial charge < -0.3 is 19.7 Å². The Bertz CT molecular complexity index is 881. The summed E-state index contributed by atoms with van der Waals surface area (Å²) in [5, 5.41) is 3.05. The lowest BCUT2D eigenvalue weighted by Crippen LogP contribution is -2.68. The highest BCUT2D eigenvalue weighted by molar-refractivity contribution is 5.71. The van der Waals surface area contributed by atoms with Gasteiger partial charge in [0.2, 0.25) is 0 Å². The van der Waals surface area contributed by atoms with E-state index >= 15 is 0 Å². The maximum Gasteiger partial charge on any atom is 0.409 e. The van der Waals surface area contributed by atoms with Gasteiger partial charge in [-0.1, -0.05) is 54.6 Å². The average molecular weight is 394 g/mol. The molecule has 1 spiro atoms. The topological polar surface area (TPSA) is 67.9 Å². The first-order valence-electron chi connectivity index (χ1n) is 10.1. The summed E-state index contributed by atoms with van der Waals surface area (Å²) < 4.78 is 10.2. The summed E-state index contributed by atoms with van der Waals surface area (Å²) in [6.07, 6.45) is 2.18. The third-order valence-electron chi connectivity index (χ3n) is 6.04. The number of benzene rings is 2. The van der Waals surface area contributed by atoms with E-state index in [2.05, 4.69) is 35.6 Å². The van der Waals surface area contributed by atoms with Crippen molar-refractivity contribution in [1.29, 1.82) is 0 Å². The van der Waals surface area contributed by atoms with Crippen LogP contribution in [0.25, 0.3) is 11.1 Å². The second-order valence-corrected chi connectivity index (χ2v) is 7.72. The van der Waals surface area contributed by atoms with E-state index in [1.807, 2.05) is 24.3 Å². The van der Waals surface area contributed by atoms with Gasteiger partial charge >= 0.3 is 12.2 Å². The summed E-state index contributed by atoms with van der Waals surface area (Å²) in [4.78, 5) is 26.3. The van der Waals surface area contributed by atoms with Crippen molar-refractivity contribution >= 4 is 12.2 Å². The molecule has 0 aliphatic carbocycles. The van der Waals surface area contributed by atoms with E-state index in [0.29, 0.717) is 26.0 Å². The van der Waals surface area contributed by atoms with Gasteiger partial charge in [-0.15, -0.1) is 0 Å². The van der Waals surface area contributed by atoms with Gasteiger partial charge in [0.05, 0.1) is 25.3 Å². The number of methoxy groups -OCH3 is 1. The highest BCUT2D eigenvalue weighted by atomic mass is 16.6. The number of cyclic esters (lactones) is 1. The van der Waals surface area contributed by atoms with Crippen LogP contribution < -0.4 is 5.32 Å². The van der Waals surface area contributed by atoms with Crippen LogP contribution in [-0.2, 0) is 15.9 Å². The summed E-state index contributed by atoms with van der Waals surface area (Å²) in [6.45, 7) is 0.982. The fraction of sp³-hybridized carbons (Fsp3) is 0.391. The Morgan fingerprint density at radius 3 is 2.72 bits per heavy atom. The van der Waals surface area contributed by atoms with Gasteiger partial charge in [-0.3, -0.25) is 0 Å². The fourth-order valence-corrected chi connectivity index (χ4v) is 4.62. The van der Waals surface area contributed by atoms with E-state index in [1.54, 1.807) is 4.90 Å². The van der Waals surface area contributed by atoms with Crippen LogP contribution in [0, 0.1) is 0 Å². The van der Waals surface area contributed by atoms with Crippen molar-refractivity contribution in [1.82, 2.24) is 10.2 Å². The van der Waals surface area contributed by atoms with Crippen molar-refractivity contribution < 1.29 is 19.1 Å². The molecular formula is C23H26N2O4. The standard InChI is InChI=1S/C23H26N2O4/c1-28-22(27)25-13-6-11-23(12-14-29-21(26)24-23)20(25)16-17-7-5-10-19(15-17)18-8-3-2-4-9-18/h2-5,7-10,15,20H,6,11-14,16H2,1H3,(H,24,26)/t20-,23-/m1/s1. The number of hydrogen-bond donors (Lipinski definition) is 1. The smallest absolute Gasteiger partial charge is 0.409 e. The molecule has 29 heavy (non-hydrogen) atoms. The van der Waals surface area contributed by atoms with Crippen LogP contribution in [0.1, 0.15) is 24.8 Å². The largest absolute Gasteiger partial charge is 0.453 e. The number of nitrogens with zero attached hydrogens (tertiary/aromatic N) is 1. The van der Waals surface area contributed by atoms with E-state index in [-0.39, 0.29) is 12.1 Å². The quantitative estimate of drug-likeness (QED) is 0.855. The number of carbonyl (C=O) groups is 2. The third kappa shape index (κ3) is 3.92. The molecule has 2 heterocycles. The zero-order chi connectivity index (χ0) is 20.3. The Labute approximate surface area is 170 Å². The molecule has 0 saturated carbocycles. The molecule has 2 aromatic rings. The minimum Gasteiger partial charge on any atom is -0.453 e. The summed E-state index contributed by atoms with van der Waals surface area (Å²) in [5.74, 6) is 0. The molecule has 0 bridgehead atoms. The van der Waals surface area contributed by atoms with Gasteiger partial charge in [-0.2, -0.15) is 0 Å². The molecule has 6 nitrogen and oxygen atoms in total. The molecule has 6 heteroatoms. The van der Waals surface area contributed by atoms with Crippen molar-refractivity contribution in [2.75, 3.05) is 20.3 Å². The zero-order valence-electron chi connectivity index (χ0n) is 16.6. The molecule has 2 saturated heterocycles. The van der Waals surface area contributed by atoms with E-state index in [4.69, 9.17) is 9.47 Å². The summed E-state index contributed by atoms with van der Waals surface area (Å²) in [6, 6.07) is 18.4. The Morgan fingerprint density at radius 1 is 1.17 bits per heavy atom. The number of amides is 2. The molecule has 1 N–H and O–H groups in total. The molecule has 0 unspecified atom stereocenters. The van der Waals surface area contributed by atoms with Gasteiger partial charge in [0.25, 0.3) is 0 Å². The van der Waals surface area contributed by atoms with Crippen molar-refractivity contribution in [3.05, 3.63) is 60.2 Å². The maximum absolute atomic E-state index is 12.5. The first-order valence-corrected chi connectivity index (χ1v) is 10.1. The summed E-state index contributed by atoms with van der Waals surface area (Å²) in [7, 11) is 1.40.